The molecule has 3 aromatic rings. The second kappa shape index (κ2) is 9.56. The van der Waals surface area contributed by atoms with Crippen molar-refractivity contribution in [1.82, 2.24) is 9.21 Å². The monoisotopic (exact) mass is 497 g/mol. The largest absolute Gasteiger partial charge is 0.367 e. The fourth-order valence-electron chi connectivity index (χ4n) is 4.95. The summed E-state index contributed by atoms with van der Waals surface area (Å²) in [5.74, 6) is 0.0106. The second-order valence-electron chi connectivity index (χ2n) is 8.95. The minimum absolute atomic E-state index is 0.130. The number of piperidine rings is 1. The van der Waals surface area contributed by atoms with Crippen LogP contribution in [0.4, 0.5) is 5.69 Å². The van der Waals surface area contributed by atoms with Crippen molar-refractivity contribution in [3.8, 4) is 0 Å². The number of nitrogens with zero attached hydrogens (tertiary/aromatic N) is 3. The fraction of sp³-hybridized carbons (Fsp3) is 0.346. The first kappa shape index (κ1) is 23.1. The van der Waals surface area contributed by atoms with E-state index in [9.17, 15) is 13.2 Å². The fourth-order valence-corrected chi connectivity index (χ4v) is 6.72. The predicted octanol–water partition coefficient (Wildman–Crippen LogP) is 4.24. The van der Waals surface area contributed by atoms with Crippen LogP contribution in [0.1, 0.15) is 12.8 Å². The van der Waals surface area contributed by atoms with Crippen LogP contribution in [0.2, 0.25) is 5.02 Å². The Morgan fingerprint density at radius 3 is 2.15 bits per heavy atom. The number of fused-ring (bicyclic) bond motifs is 1. The molecular formula is C26H28ClN3O3S. The molecule has 0 aliphatic carbocycles. The molecule has 0 aromatic heterocycles. The standard InChI is InChI=1S/C26H28ClN3O3S/c27-24-7-3-4-8-25(24)28-15-17-29(18-16-28)26(31)21-11-13-30(14-12-21)34(32,33)23-10-9-20-5-1-2-6-22(20)19-23/h1-10,19,21H,11-18H2. The molecule has 178 valence electrons. The summed E-state index contributed by atoms with van der Waals surface area (Å²) in [6, 6.07) is 20.8. The molecular weight excluding hydrogens is 470 g/mol. The van der Waals surface area contributed by atoms with Crippen molar-refractivity contribution in [2.75, 3.05) is 44.2 Å². The van der Waals surface area contributed by atoms with Crippen LogP contribution in [-0.2, 0) is 14.8 Å². The molecule has 0 bridgehead atoms. The van der Waals surface area contributed by atoms with Crippen LogP contribution in [0, 0.1) is 5.92 Å². The molecule has 8 heteroatoms. The molecule has 2 aliphatic rings. The highest BCUT2D eigenvalue weighted by Crippen LogP contribution is 2.29. The summed E-state index contributed by atoms with van der Waals surface area (Å²) in [7, 11) is -3.58. The molecule has 2 heterocycles. The third-order valence-electron chi connectivity index (χ3n) is 6.95. The lowest BCUT2D eigenvalue weighted by Gasteiger charge is -2.39. The van der Waals surface area contributed by atoms with E-state index in [1.165, 1.54) is 4.31 Å². The van der Waals surface area contributed by atoms with Gasteiger partial charge in [-0.05, 0) is 47.9 Å². The smallest absolute Gasteiger partial charge is 0.243 e. The van der Waals surface area contributed by atoms with Crippen LogP contribution in [0.15, 0.2) is 71.6 Å². The van der Waals surface area contributed by atoms with Crippen LogP contribution in [0.25, 0.3) is 10.8 Å². The number of para-hydroxylation sites is 1. The average molecular weight is 498 g/mol. The molecule has 0 radical (unpaired) electrons. The topological polar surface area (TPSA) is 60.9 Å². The number of carbonyl (C=O) groups is 1. The van der Waals surface area contributed by atoms with Crippen LogP contribution in [0.5, 0.6) is 0 Å². The van der Waals surface area contributed by atoms with Gasteiger partial charge in [0.05, 0.1) is 15.6 Å². The van der Waals surface area contributed by atoms with E-state index in [0.717, 1.165) is 34.6 Å². The number of amides is 1. The Morgan fingerprint density at radius 2 is 1.44 bits per heavy atom. The number of halogens is 1. The number of piperazine rings is 1. The van der Waals surface area contributed by atoms with E-state index in [1.54, 1.807) is 12.1 Å². The Bertz CT molecular complexity index is 1300. The first-order valence-corrected chi connectivity index (χ1v) is 13.5. The van der Waals surface area contributed by atoms with Gasteiger partial charge in [-0.1, -0.05) is 54.1 Å². The van der Waals surface area contributed by atoms with Crippen molar-refractivity contribution in [1.29, 1.82) is 0 Å². The Hall–Kier alpha value is -2.61. The number of rotatable bonds is 4. The maximum absolute atomic E-state index is 13.2. The average Bonchev–Trinajstić information content (AvgIpc) is 2.88. The maximum atomic E-state index is 13.2. The molecule has 1 amide bonds. The number of benzene rings is 3. The van der Waals surface area contributed by atoms with Gasteiger partial charge in [0.2, 0.25) is 15.9 Å². The molecule has 5 rings (SSSR count). The molecule has 2 saturated heterocycles. The third-order valence-corrected chi connectivity index (χ3v) is 9.16. The van der Waals surface area contributed by atoms with E-state index in [2.05, 4.69) is 4.90 Å². The molecule has 34 heavy (non-hydrogen) atoms. The van der Waals surface area contributed by atoms with E-state index in [4.69, 9.17) is 11.6 Å². The van der Waals surface area contributed by atoms with E-state index in [1.807, 2.05) is 59.5 Å². The molecule has 2 fully saturated rings. The minimum Gasteiger partial charge on any atom is -0.367 e. The van der Waals surface area contributed by atoms with E-state index >= 15 is 0 Å². The van der Waals surface area contributed by atoms with E-state index < -0.39 is 10.0 Å². The molecule has 2 aliphatic heterocycles. The molecule has 6 nitrogen and oxygen atoms in total. The Morgan fingerprint density at radius 1 is 0.794 bits per heavy atom. The van der Waals surface area contributed by atoms with Crippen LogP contribution < -0.4 is 4.90 Å². The molecule has 0 unspecified atom stereocenters. The summed E-state index contributed by atoms with van der Waals surface area (Å²) in [5, 5.41) is 2.65. The summed E-state index contributed by atoms with van der Waals surface area (Å²) in [5.41, 5.74) is 1.00. The lowest BCUT2D eigenvalue weighted by atomic mass is 9.96. The summed E-state index contributed by atoms with van der Waals surface area (Å²) in [6.45, 7) is 3.52. The van der Waals surface area contributed by atoms with Gasteiger partial charge in [-0.25, -0.2) is 8.42 Å². The highest BCUT2D eigenvalue weighted by atomic mass is 35.5. The normalized spacial score (nSPS) is 18.4. The van der Waals surface area contributed by atoms with Crippen molar-refractivity contribution in [2.24, 2.45) is 5.92 Å². The number of hydrogen-bond acceptors (Lipinski definition) is 4. The van der Waals surface area contributed by atoms with Crippen molar-refractivity contribution >= 4 is 44.0 Å². The van der Waals surface area contributed by atoms with Crippen molar-refractivity contribution < 1.29 is 13.2 Å². The molecule has 3 aromatic carbocycles. The Balaban J connectivity index is 1.19. The quantitative estimate of drug-likeness (QED) is 0.541. The van der Waals surface area contributed by atoms with Crippen molar-refractivity contribution in [2.45, 2.75) is 17.7 Å². The molecule has 0 saturated carbocycles. The van der Waals surface area contributed by atoms with Gasteiger partial charge in [0.25, 0.3) is 0 Å². The molecule has 0 atom stereocenters. The van der Waals surface area contributed by atoms with Gasteiger partial charge in [0, 0.05) is 45.2 Å². The first-order chi connectivity index (χ1) is 16.4. The number of anilines is 1. The van der Waals surface area contributed by atoms with Gasteiger partial charge in [-0.15, -0.1) is 0 Å². The number of hydrogen-bond donors (Lipinski definition) is 0. The molecule has 0 N–H and O–H groups in total. The van der Waals surface area contributed by atoms with Crippen molar-refractivity contribution in [3.63, 3.8) is 0 Å². The predicted molar refractivity (Wildman–Crippen MR) is 136 cm³/mol. The Kier molecular flexibility index (Phi) is 6.51. The zero-order valence-electron chi connectivity index (χ0n) is 18.9. The van der Waals surface area contributed by atoms with Crippen LogP contribution in [-0.4, -0.2) is 62.8 Å². The zero-order chi connectivity index (χ0) is 23.7. The summed E-state index contributed by atoms with van der Waals surface area (Å²) in [6.07, 6.45) is 1.10. The van der Waals surface area contributed by atoms with Gasteiger partial charge >= 0.3 is 0 Å². The Labute approximate surface area is 205 Å². The summed E-state index contributed by atoms with van der Waals surface area (Å²) in [4.78, 5) is 17.6. The maximum Gasteiger partial charge on any atom is 0.243 e. The van der Waals surface area contributed by atoms with Gasteiger partial charge in [-0.2, -0.15) is 4.31 Å². The molecule has 0 spiro atoms. The minimum atomic E-state index is -3.58. The van der Waals surface area contributed by atoms with E-state index in [0.29, 0.717) is 43.9 Å². The summed E-state index contributed by atoms with van der Waals surface area (Å²) < 4.78 is 28.0. The van der Waals surface area contributed by atoms with Gasteiger partial charge in [0.1, 0.15) is 0 Å². The third kappa shape index (κ3) is 4.52. The van der Waals surface area contributed by atoms with Crippen LogP contribution in [0.3, 0.4) is 0 Å². The second-order valence-corrected chi connectivity index (χ2v) is 11.3. The zero-order valence-corrected chi connectivity index (χ0v) is 20.5. The highest BCUT2D eigenvalue weighted by Gasteiger charge is 2.34. The lowest BCUT2D eigenvalue weighted by Crippen LogP contribution is -2.52. The summed E-state index contributed by atoms with van der Waals surface area (Å²) >= 11 is 6.33. The van der Waals surface area contributed by atoms with Crippen LogP contribution >= 0.6 is 11.6 Å². The van der Waals surface area contributed by atoms with Gasteiger partial charge in [0.15, 0.2) is 0 Å². The van der Waals surface area contributed by atoms with Gasteiger partial charge in [-0.3, -0.25) is 4.79 Å². The van der Waals surface area contributed by atoms with Gasteiger partial charge < -0.3 is 9.80 Å². The highest BCUT2D eigenvalue weighted by molar-refractivity contribution is 7.89. The number of carbonyl (C=O) groups excluding carboxylic acids is 1. The van der Waals surface area contributed by atoms with Crippen molar-refractivity contribution in [3.05, 3.63) is 71.8 Å². The first-order valence-electron chi connectivity index (χ1n) is 11.7. The SMILES string of the molecule is O=C(C1CCN(S(=O)(=O)c2ccc3ccccc3c2)CC1)N1CCN(c2ccccc2Cl)CC1. The lowest BCUT2D eigenvalue weighted by molar-refractivity contribution is -0.137. The number of sulfonamides is 1. The van der Waals surface area contributed by atoms with E-state index in [-0.39, 0.29) is 11.8 Å².